The zero-order valence-corrected chi connectivity index (χ0v) is 9.94. The van der Waals surface area contributed by atoms with Gasteiger partial charge in [-0.3, -0.25) is 0 Å². The monoisotopic (exact) mass is 187 g/mol. The van der Waals surface area contributed by atoms with Gasteiger partial charge in [0.25, 0.3) is 0 Å². The minimum Gasteiger partial charge on any atom is -0.388 e. The predicted octanol–water partition coefficient (Wildman–Crippen LogP) is 2.03. The number of hydrogen-bond donors (Lipinski definition) is 2. The van der Waals surface area contributed by atoms with Gasteiger partial charge in [0, 0.05) is 6.54 Å². The number of rotatable bonds is 4. The van der Waals surface area contributed by atoms with Crippen molar-refractivity contribution in [3.05, 3.63) is 0 Å². The van der Waals surface area contributed by atoms with E-state index in [1.165, 1.54) is 0 Å². The molecule has 2 nitrogen and oxygen atoms in total. The molecule has 0 rings (SSSR count). The lowest BCUT2D eigenvalue weighted by atomic mass is 9.78. The van der Waals surface area contributed by atoms with Gasteiger partial charge in [-0.25, -0.2) is 0 Å². The largest absolute Gasteiger partial charge is 0.388 e. The molecule has 13 heavy (non-hydrogen) atoms. The quantitative estimate of drug-likeness (QED) is 0.706. The van der Waals surface area contributed by atoms with Crippen LogP contribution in [0.1, 0.15) is 41.5 Å². The van der Waals surface area contributed by atoms with Crippen LogP contribution in [0, 0.1) is 11.3 Å². The molecule has 1 atom stereocenters. The summed E-state index contributed by atoms with van der Waals surface area (Å²) in [6.45, 7) is 14.0. The normalized spacial score (nSPS) is 17.5. The van der Waals surface area contributed by atoms with Crippen LogP contribution in [-0.2, 0) is 0 Å². The Bertz CT molecular complexity index is 145. The van der Waals surface area contributed by atoms with Gasteiger partial charge in [-0.05, 0) is 24.8 Å². The molecule has 2 heteroatoms. The van der Waals surface area contributed by atoms with E-state index in [9.17, 15) is 5.11 Å². The maximum Gasteiger partial charge on any atom is 0.0791 e. The summed E-state index contributed by atoms with van der Waals surface area (Å²) in [5, 5.41) is 13.4. The van der Waals surface area contributed by atoms with Crippen molar-refractivity contribution >= 4 is 0 Å². The third-order valence-corrected chi connectivity index (χ3v) is 2.64. The molecule has 0 aromatic heterocycles. The smallest absolute Gasteiger partial charge is 0.0791 e. The highest BCUT2D eigenvalue weighted by atomic mass is 16.3. The molecule has 0 heterocycles. The fourth-order valence-corrected chi connectivity index (χ4v) is 0.869. The van der Waals surface area contributed by atoms with E-state index in [2.05, 4.69) is 39.9 Å². The third-order valence-electron chi connectivity index (χ3n) is 2.64. The number of hydrogen-bond acceptors (Lipinski definition) is 2. The second-order valence-electron chi connectivity index (χ2n) is 5.55. The highest BCUT2D eigenvalue weighted by Crippen LogP contribution is 2.28. The van der Waals surface area contributed by atoms with Crippen molar-refractivity contribution in [3.63, 3.8) is 0 Å². The molecule has 0 aliphatic rings. The van der Waals surface area contributed by atoms with Crippen molar-refractivity contribution in [1.29, 1.82) is 0 Å². The average molecular weight is 187 g/mol. The van der Waals surface area contributed by atoms with Gasteiger partial charge >= 0.3 is 0 Å². The molecular formula is C11H25NO. The van der Waals surface area contributed by atoms with Crippen LogP contribution < -0.4 is 5.32 Å². The van der Waals surface area contributed by atoms with Crippen LogP contribution >= 0.6 is 0 Å². The zero-order chi connectivity index (χ0) is 10.7. The van der Waals surface area contributed by atoms with Crippen LogP contribution in [0.25, 0.3) is 0 Å². The molecule has 0 radical (unpaired) electrons. The fraction of sp³-hybridized carbons (Fsp3) is 1.00. The van der Waals surface area contributed by atoms with Crippen molar-refractivity contribution in [3.8, 4) is 0 Å². The Balaban J connectivity index is 3.90. The summed E-state index contributed by atoms with van der Waals surface area (Å²) in [6.07, 6.45) is 0. The number of nitrogens with one attached hydrogen (secondary N) is 1. The molecule has 0 spiro atoms. The summed E-state index contributed by atoms with van der Waals surface area (Å²) in [5.74, 6) is 0.635. The van der Waals surface area contributed by atoms with E-state index in [0.717, 1.165) is 6.54 Å². The van der Waals surface area contributed by atoms with Crippen molar-refractivity contribution < 1.29 is 5.11 Å². The van der Waals surface area contributed by atoms with Crippen molar-refractivity contribution in [2.75, 3.05) is 13.1 Å². The van der Waals surface area contributed by atoms with Crippen LogP contribution in [0.5, 0.6) is 0 Å². The summed E-state index contributed by atoms with van der Waals surface area (Å²) in [5.41, 5.74) is -0.709. The lowest BCUT2D eigenvalue weighted by molar-refractivity contribution is -0.0396. The van der Waals surface area contributed by atoms with Crippen LogP contribution in [0.15, 0.2) is 0 Å². The summed E-state index contributed by atoms with van der Waals surface area (Å²) >= 11 is 0. The van der Waals surface area contributed by atoms with Gasteiger partial charge in [0.05, 0.1) is 5.60 Å². The van der Waals surface area contributed by atoms with Crippen molar-refractivity contribution in [2.45, 2.75) is 47.1 Å². The third kappa shape index (κ3) is 4.63. The van der Waals surface area contributed by atoms with E-state index in [4.69, 9.17) is 0 Å². The molecule has 0 aromatic carbocycles. The minimum atomic E-state index is -0.637. The van der Waals surface area contributed by atoms with Gasteiger partial charge in [-0.2, -0.15) is 0 Å². The zero-order valence-electron chi connectivity index (χ0n) is 9.94. The van der Waals surface area contributed by atoms with Gasteiger partial charge in [-0.15, -0.1) is 0 Å². The van der Waals surface area contributed by atoms with Crippen molar-refractivity contribution in [1.82, 2.24) is 5.32 Å². The van der Waals surface area contributed by atoms with Crippen LogP contribution in [0.3, 0.4) is 0 Å². The van der Waals surface area contributed by atoms with E-state index in [1.54, 1.807) is 0 Å². The van der Waals surface area contributed by atoms with Crippen LogP contribution in [0.4, 0.5) is 0 Å². The maximum atomic E-state index is 10.1. The molecule has 0 saturated carbocycles. The molecule has 2 N–H and O–H groups in total. The summed E-state index contributed by atoms with van der Waals surface area (Å²) in [4.78, 5) is 0. The average Bonchev–Trinajstić information content (AvgIpc) is 1.82. The van der Waals surface area contributed by atoms with E-state index >= 15 is 0 Å². The Hall–Kier alpha value is -0.0800. The Labute approximate surface area is 82.7 Å². The highest BCUT2D eigenvalue weighted by molar-refractivity contribution is 4.88. The highest BCUT2D eigenvalue weighted by Gasteiger charge is 2.34. The summed E-state index contributed by atoms with van der Waals surface area (Å²) in [7, 11) is 0. The lowest BCUT2D eigenvalue weighted by Crippen LogP contribution is -2.48. The first kappa shape index (κ1) is 12.9. The first-order valence-electron chi connectivity index (χ1n) is 5.10. The van der Waals surface area contributed by atoms with Crippen LogP contribution in [0.2, 0.25) is 0 Å². The standard InChI is InChI=1S/C11H25NO/c1-9(2)7-12-8-11(6,13)10(3,4)5/h9,12-13H,7-8H2,1-6H3. The lowest BCUT2D eigenvalue weighted by Gasteiger charge is -2.37. The van der Waals surface area contributed by atoms with E-state index in [-0.39, 0.29) is 5.41 Å². The van der Waals surface area contributed by atoms with Gasteiger partial charge < -0.3 is 10.4 Å². The second-order valence-corrected chi connectivity index (χ2v) is 5.55. The Morgan fingerprint density at radius 1 is 1.15 bits per heavy atom. The first-order chi connectivity index (χ1) is 5.67. The van der Waals surface area contributed by atoms with Gasteiger partial charge in [0.1, 0.15) is 0 Å². The molecule has 0 aromatic rings. The first-order valence-corrected chi connectivity index (χ1v) is 5.10. The molecule has 0 saturated heterocycles. The SMILES string of the molecule is CC(C)CNCC(C)(O)C(C)(C)C. The molecule has 0 aliphatic heterocycles. The minimum absolute atomic E-state index is 0.0724. The Morgan fingerprint density at radius 2 is 1.62 bits per heavy atom. The molecule has 0 bridgehead atoms. The molecule has 80 valence electrons. The summed E-state index contributed by atoms with van der Waals surface area (Å²) < 4.78 is 0. The maximum absolute atomic E-state index is 10.1. The Morgan fingerprint density at radius 3 is 1.92 bits per heavy atom. The second kappa shape index (κ2) is 4.43. The predicted molar refractivity (Wildman–Crippen MR) is 57.8 cm³/mol. The van der Waals surface area contributed by atoms with Gasteiger partial charge in [0.2, 0.25) is 0 Å². The van der Waals surface area contributed by atoms with Gasteiger partial charge in [0.15, 0.2) is 0 Å². The molecule has 0 amide bonds. The summed E-state index contributed by atoms with van der Waals surface area (Å²) in [6, 6.07) is 0. The molecule has 0 fully saturated rings. The topological polar surface area (TPSA) is 32.3 Å². The van der Waals surface area contributed by atoms with E-state index in [1.807, 2.05) is 6.92 Å². The fourth-order valence-electron chi connectivity index (χ4n) is 0.869. The van der Waals surface area contributed by atoms with Gasteiger partial charge in [-0.1, -0.05) is 34.6 Å². The molecule has 1 unspecified atom stereocenters. The van der Waals surface area contributed by atoms with E-state index < -0.39 is 5.60 Å². The van der Waals surface area contributed by atoms with Crippen LogP contribution in [-0.4, -0.2) is 23.8 Å². The van der Waals surface area contributed by atoms with Crippen molar-refractivity contribution in [2.24, 2.45) is 11.3 Å². The molecule has 0 aliphatic carbocycles. The molecular weight excluding hydrogens is 162 g/mol. The number of aliphatic hydroxyl groups is 1. The Kier molecular flexibility index (Phi) is 4.40. The van der Waals surface area contributed by atoms with E-state index in [0.29, 0.717) is 12.5 Å².